The molecule has 0 rings (SSSR count). The van der Waals surface area contributed by atoms with Crippen LogP contribution in [0.25, 0.3) is 0 Å². The smallest absolute Gasteiger partial charge is 0.377 e. The van der Waals surface area contributed by atoms with E-state index in [0.29, 0.717) is 6.61 Å². The lowest BCUT2D eigenvalue weighted by molar-refractivity contribution is 0.0992. The fourth-order valence-corrected chi connectivity index (χ4v) is 3.14. The molecule has 0 heterocycles. The van der Waals surface area contributed by atoms with Gasteiger partial charge in [-0.15, -0.1) is 6.58 Å². The van der Waals surface area contributed by atoms with E-state index in [4.69, 9.17) is 13.3 Å². The predicted molar refractivity (Wildman–Crippen MR) is 60.3 cm³/mol. The van der Waals surface area contributed by atoms with Crippen molar-refractivity contribution in [1.82, 2.24) is 0 Å². The monoisotopic (exact) mass is 218 g/mol. The molecule has 0 aromatic carbocycles. The van der Waals surface area contributed by atoms with E-state index in [1.54, 1.807) is 14.2 Å². The number of hydrogen-bond donors (Lipinski definition) is 0. The summed E-state index contributed by atoms with van der Waals surface area (Å²) in [6.45, 7) is 8.56. The summed E-state index contributed by atoms with van der Waals surface area (Å²) in [5.41, 5.74) is 1.12. The highest BCUT2D eigenvalue weighted by molar-refractivity contribution is 6.60. The molecule has 0 aliphatic heterocycles. The average Bonchev–Trinajstić information content (AvgIpc) is 2.16. The molecule has 0 saturated heterocycles. The quantitative estimate of drug-likeness (QED) is 0.463. The highest BCUT2D eigenvalue weighted by atomic mass is 28.4. The molecule has 4 heteroatoms. The summed E-state index contributed by atoms with van der Waals surface area (Å²) in [6.07, 6.45) is 1.88. The molecule has 0 N–H and O–H groups in total. The van der Waals surface area contributed by atoms with Crippen molar-refractivity contribution in [2.45, 2.75) is 32.7 Å². The van der Waals surface area contributed by atoms with Gasteiger partial charge in [-0.1, -0.05) is 18.9 Å². The third-order valence-corrected chi connectivity index (χ3v) is 5.03. The minimum Gasteiger partial charge on any atom is -0.377 e. The zero-order chi connectivity index (χ0) is 11.0. The molecule has 0 fully saturated rings. The molecule has 0 radical (unpaired) electrons. The van der Waals surface area contributed by atoms with Crippen molar-refractivity contribution >= 4 is 8.80 Å². The van der Waals surface area contributed by atoms with Gasteiger partial charge < -0.3 is 13.3 Å². The van der Waals surface area contributed by atoms with Crippen molar-refractivity contribution < 1.29 is 13.3 Å². The highest BCUT2D eigenvalue weighted by Gasteiger charge is 2.37. The summed E-state index contributed by atoms with van der Waals surface area (Å²) < 4.78 is 16.5. The van der Waals surface area contributed by atoms with Crippen LogP contribution in [0.15, 0.2) is 12.2 Å². The SMILES string of the molecule is C=C(C)CCO[Si](CCC)(OC)OC. The lowest BCUT2D eigenvalue weighted by Crippen LogP contribution is -2.43. The summed E-state index contributed by atoms with van der Waals surface area (Å²) in [5.74, 6) is 0. The molecule has 3 nitrogen and oxygen atoms in total. The van der Waals surface area contributed by atoms with Gasteiger partial charge >= 0.3 is 8.80 Å². The van der Waals surface area contributed by atoms with E-state index in [1.807, 2.05) is 6.92 Å². The lowest BCUT2D eigenvalue weighted by Gasteiger charge is -2.25. The molecule has 0 atom stereocenters. The lowest BCUT2D eigenvalue weighted by atomic mass is 10.3. The molecular weight excluding hydrogens is 196 g/mol. The zero-order valence-electron chi connectivity index (χ0n) is 9.76. The van der Waals surface area contributed by atoms with E-state index in [0.717, 1.165) is 24.5 Å². The van der Waals surface area contributed by atoms with Gasteiger partial charge in [0.05, 0.1) is 0 Å². The fourth-order valence-electron chi connectivity index (χ4n) is 1.16. The minimum atomic E-state index is -2.35. The molecule has 0 aliphatic rings. The maximum atomic E-state index is 5.71. The van der Waals surface area contributed by atoms with Crippen LogP contribution in [0.4, 0.5) is 0 Å². The zero-order valence-corrected chi connectivity index (χ0v) is 10.8. The topological polar surface area (TPSA) is 27.7 Å². The van der Waals surface area contributed by atoms with Crippen molar-refractivity contribution in [3.05, 3.63) is 12.2 Å². The maximum absolute atomic E-state index is 5.71. The Bertz CT molecular complexity index is 167. The first kappa shape index (κ1) is 13.8. The second kappa shape index (κ2) is 7.17. The van der Waals surface area contributed by atoms with Crippen molar-refractivity contribution in [2.24, 2.45) is 0 Å². The van der Waals surface area contributed by atoms with E-state index >= 15 is 0 Å². The summed E-state index contributed by atoms with van der Waals surface area (Å²) in [5, 5.41) is 0. The third-order valence-electron chi connectivity index (χ3n) is 2.03. The molecule has 84 valence electrons. The molecular formula is C10H22O3Si. The summed E-state index contributed by atoms with van der Waals surface area (Å²) in [7, 11) is 0.966. The molecule has 0 saturated carbocycles. The first-order valence-corrected chi connectivity index (χ1v) is 6.92. The van der Waals surface area contributed by atoms with Gasteiger partial charge in [0.25, 0.3) is 0 Å². The normalized spacial score (nSPS) is 11.7. The Morgan fingerprint density at radius 3 is 2.21 bits per heavy atom. The first-order valence-electron chi connectivity index (χ1n) is 4.99. The molecule has 14 heavy (non-hydrogen) atoms. The predicted octanol–water partition coefficient (Wildman–Crippen LogP) is 2.61. The second-order valence-electron chi connectivity index (χ2n) is 3.40. The van der Waals surface area contributed by atoms with Crippen LogP contribution in [0.5, 0.6) is 0 Å². The van der Waals surface area contributed by atoms with E-state index in [9.17, 15) is 0 Å². The van der Waals surface area contributed by atoms with Crippen molar-refractivity contribution in [3.8, 4) is 0 Å². The van der Waals surface area contributed by atoms with Gasteiger partial charge in [0.1, 0.15) is 0 Å². The second-order valence-corrected chi connectivity index (χ2v) is 6.37. The standard InChI is InChI=1S/C10H22O3Si/c1-6-9-14(11-4,12-5)13-8-7-10(2)3/h2,6-9H2,1,3-5H3. The molecule has 0 aromatic heterocycles. The van der Waals surface area contributed by atoms with Crippen LogP contribution < -0.4 is 0 Å². The van der Waals surface area contributed by atoms with E-state index in [2.05, 4.69) is 13.5 Å². The molecule has 0 unspecified atom stereocenters. The Labute approximate surface area is 88.4 Å². The Morgan fingerprint density at radius 1 is 1.29 bits per heavy atom. The van der Waals surface area contributed by atoms with Crippen LogP contribution in [0.1, 0.15) is 26.7 Å². The Hall–Kier alpha value is -0.163. The van der Waals surface area contributed by atoms with Crippen LogP contribution in [-0.2, 0) is 13.3 Å². The van der Waals surface area contributed by atoms with Crippen LogP contribution in [-0.4, -0.2) is 29.6 Å². The summed E-state index contributed by atoms with van der Waals surface area (Å²) >= 11 is 0. The van der Waals surface area contributed by atoms with Gasteiger partial charge in [-0.3, -0.25) is 0 Å². The maximum Gasteiger partial charge on any atom is 0.500 e. The Kier molecular flexibility index (Phi) is 7.09. The van der Waals surface area contributed by atoms with Gasteiger partial charge in [0.2, 0.25) is 0 Å². The van der Waals surface area contributed by atoms with Gasteiger partial charge in [-0.05, 0) is 13.3 Å². The molecule has 0 amide bonds. The van der Waals surface area contributed by atoms with Gasteiger partial charge in [0.15, 0.2) is 0 Å². The third kappa shape index (κ3) is 4.90. The van der Waals surface area contributed by atoms with E-state index in [1.165, 1.54) is 0 Å². The summed E-state index contributed by atoms with van der Waals surface area (Å²) in [6, 6.07) is 0.871. The summed E-state index contributed by atoms with van der Waals surface area (Å²) in [4.78, 5) is 0. The number of hydrogen-bond acceptors (Lipinski definition) is 3. The minimum absolute atomic E-state index is 0.642. The van der Waals surface area contributed by atoms with Gasteiger partial charge in [-0.25, -0.2) is 0 Å². The fraction of sp³-hybridized carbons (Fsp3) is 0.800. The van der Waals surface area contributed by atoms with Gasteiger partial charge in [-0.2, -0.15) is 0 Å². The highest BCUT2D eigenvalue weighted by Crippen LogP contribution is 2.16. The van der Waals surface area contributed by atoms with E-state index < -0.39 is 8.80 Å². The van der Waals surface area contributed by atoms with Crippen molar-refractivity contribution in [2.75, 3.05) is 20.8 Å². The number of rotatable bonds is 8. The Balaban J connectivity index is 4.00. The van der Waals surface area contributed by atoms with Crippen LogP contribution >= 0.6 is 0 Å². The van der Waals surface area contributed by atoms with Crippen LogP contribution in [0, 0.1) is 0 Å². The Morgan fingerprint density at radius 2 is 1.86 bits per heavy atom. The largest absolute Gasteiger partial charge is 0.500 e. The van der Waals surface area contributed by atoms with Crippen molar-refractivity contribution in [1.29, 1.82) is 0 Å². The van der Waals surface area contributed by atoms with E-state index in [-0.39, 0.29) is 0 Å². The molecule has 0 aliphatic carbocycles. The van der Waals surface area contributed by atoms with Crippen LogP contribution in [0.2, 0.25) is 6.04 Å². The molecule has 0 spiro atoms. The van der Waals surface area contributed by atoms with Crippen molar-refractivity contribution in [3.63, 3.8) is 0 Å². The van der Waals surface area contributed by atoms with Gasteiger partial charge in [0, 0.05) is 26.9 Å². The molecule has 0 aromatic rings. The first-order chi connectivity index (χ1) is 6.60. The average molecular weight is 218 g/mol. The molecule has 0 bridgehead atoms. The van der Waals surface area contributed by atoms with Crippen LogP contribution in [0.3, 0.4) is 0 Å².